The van der Waals surface area contributed by atoms with Gasteiger partial charge in [0.05, 0.1) is 16.6 Å². The molecule has 0 aromatic carbocycles. The lowest BCUT2D eigenvalue weighted by Crippen LogP contribution is -2.28. The third kappa shape index (κ3) is 3.14. The van der Waals surface area contributed by atoms with Crippen LogP contribution in [0.3, 0.4) is 0 Å². The second kappa shape index (κ2) is 6.12. The molecule has 1 unspecified atom stereocenters. The summed E-state index contributed by atoms with van der Waals surface area (Å²) in [5.41, 5.74) is 3.27. The maximum Gasteiger partial charge on any atom is 0.443 e. The van der Waals surface area contributed by atoms with Gasteiger partial charge in [-0.3, -0.25) is 5.84 Å². The van der Waals surface area contributed by atoms with Gasteiger partial charge >= 0.3 is 6.18 Å². The van der Waals surface area contributed by atoms with Crippen molar-refractivity contribution in [3.8, 4) is 0 Å². The molecule has 0 spiro atoms. The first-order valence-electron chi connectivity index (χ1n) is 5.77. The first-order valence-corrected chi connectivity index (χ1v) is 7.36. The van der Waals surface area contributed by atoms with Gasteiger partial charge in [-0.1, -0.05) is 17.8 Å². The van der Waals surface area contributed by atoms with Gasteiger partial charge in [0, 0.05) is 11.1 Å². The van der Waals surface area contributed by atoms with Crippen molar-refractivity contribution >= 4 is 22.9 Å². The molecule has 0 fully saturated rings. The zero-order chi connectivity index (χ0) is 14.8. The molecule has 2 aromatic rings. The summed E-state index contributed by atoms with van der Waals surface area (Å²) in [6, 6.07) is -0.565. The topological polar surface area (TPSA) is 76.7 Å². The van der Waals surface area contributed by atoms with Gasteiger partial charge in [-0.05, 0) is 18.0 Å². The molecule has 2 rings (SSSR count). The highest BCUT2D eigenvalue weighted by Gasteiger charge is 2.35. The van der Waals surface area contributed by atoms with Crippen molar-refractivity contribution in [2.75, 3.05) is 0 Å². The quantitative estimate of drug-likeness (QED) is 0.653. The normalized spacial score (nSPS) is 13.7. The van der Waals surface area contributed by atoms with Crippen LogP contribution in [0.4, 0.5) is 13.2 Å². The van der Waals surface area contributed by atoms with Crippen molar-refractivity contribution in [1.82, 2.24) is 20.0 Å². The summed E-state index contributed by atoms with van der Waals surface area (Å²) in [6.07, 6.45) is -1.69. The van der Waals surface area contributed by atoms with Crippen LogP contribution in [-0.2, 0) is 12.6 Å². The summed E-state index contributed by atoms with van der Waals surface area (Å²) in [5, 5.41) is 3.10. The maximum atomic E-state index is 12.6. The molecular formula is C10H12F3N5S2. The van der Waals surface area contributed by atoms with E-state index in [1.807, 2.05) is 6.92 Å². The molecule has 2 heterocycles. The first-order chi connectivity index (χ1) is 9.47. The molecule has 1 atom stereocenters. The number of nitrogens with one attached hydrogen (secondary N) is 1. The minimum absolute atomic E-state index is 0.392. The Balaban J connectivity index is 2.32. The molecular weight excluding hydrogens is 311 g/mol. The van der Waals surface area contributed by atoms with Crippen LogP contribution in [0, 0.1) is 0 Å². The lowest BCUT2D eigenvalue weighted by atomic mass is 10.1. The lowest BCUT2D eigenvalue weighted by Gasteiger charge is -2.12. The van der Waals surface area contributed by atoms with Crippen LogP contribution in [0.1, 0.15) is 39.8 Å². The number of alkyl halides is 3. The third-order valence-corrected chi connectivity index (χ3v) is 4.49. The molecule has 0 aliphatic rings. The Hall–Kier alpha value is -1.10. The molecule has 0 amide bonds. The van der Waals surface area contributed by atoms with E-state index in [0.717, 1.165) is 28.5 Å². The van der Waals surface area contributed by atoms with E-state index in [4.69, 9.17) is 5.84 Å². The Bertz CT molecular complexity index is 565. The van der Waals surface area contributed by atoms with Crippen molar-refractivity contribution in [1.29, 1.82) is 0 Å². The molecule has 3 N–H and O–H groups in total. The molecule has 0 aliphatic carbocycles. The number of thiazole rings is 1. The van der Waals surface area contributed by atoms with E-state index < -0.39 is 17.2 Å². The molecule has 20 heavy (non-hydrogen) atoms. The summed E-state index contributed by atoms with van der Waals surface area (Å²) in [5.74, 6) is 5.48. The first kappa shape index (κ1) is 15.3. The summed E-state index contributed by atoms with van der Waals surface area (Å²) in [7, 11) is 0. The molecule has 2 aromatic heterocycles. The molecule has 0 aliphatic heterocycles. The van der Waals surface area contributed by atoms with E-state index in [1.54, 1.807) is 0 Å². The van der Waals surface area contributed by atoms with Crippen molar-refractivity contribution in [3.63, 3.8) is 0 Å². The van der Waals surface area contributed by atoms with Crippen molar-refractivity contribution in [3.05, 3.63) is 26.7 Å². The summed E-state index contributed by atoms with van der Waals surface area (Å²) in [6.45, 7) is 1.99. The van der Waals surface area contributed by atoms with Gasteiger partial charge in [0.1, 0.15) is 0 Å². The smallest absolute Gasteiger partial charge is 0.271 e. The number of hydrazine groups is 1. The molecule has 10 heteroatoms. The van der Waals surface area contributed by atoms with E-state index in [0.29, 0.717) is 22.6 Å². The predicted octanol–water partition coefficient (Wildman–Crippen LogP) is 2.52. The number of aromatic nitrogens is 3. The van der Waals surface area contributed by atoms with Crippen LogP contribution in [-0.4, -0.2) is 14.6 Å². The fourth-order valence-electron chi connectivity index (χ4n) is 1.68. The fraction of sp³-hybridized carbons (Fsp3) is 0.500. The van der Waals surface area contributed by atoms with Crippen LogP contribution < -0.4 is 11.3 Å². The minimum Gasteiger partial charge on any atom is -0.271 e. The molecule has 110 valence electrons. The van der Waals surface area contributed by atoms with Crippen molar-refractivity contribution in [2.45, 2.75) is 32.0 Å². The predicted molar refractivity (Wildman–Crippen MR) is 70.2 cm³/mol. The van der Waals surface area contributed by atoms with Gasteiger partial charge in [0.25, 0.3) is 0 Å². The van der Waals surface area contributed by atoms with Gasteiger partial charge in [-0.25, -0.2) is 10.4 Å². The number of hydrogen-bond acceptors (Lipinski definition) is 7. The van der Waals surface area contributed by atoms with Crippen LogP contribution in [0.2, 0.25) is 0 Å². The minimum atomic E-state index is -4.44. The molecule has 0 bridgehead atoms. The van der Waals surface area contributed by atoms with Crippen LogP contribution in [0.15, 0.2) is 6.20 Å². The monoisotopic (exact) mass is 323 g/mol. The highest BCUT2D eigenvalue weighted by molar-refractivity contribution is 7.12. The van der Waals surface area contributed by atoms with E-state index in [2.05, 4.69) is 20.0 Å². The molecule has 0 saturated carbocycles. The van der Waals surface area contributed by atoms with E-state index in [9.17, 15) is 13.2 Å². The zero-order valence-corrected chi connectivity index (χ0v) is 12.1. The third-order valence-electron chi connectivity index (χ3n) is 2.55. The molecule has 0 saturated heterocycles. The second-order valence-corrected chi connectivity index (χ2v) is 5.85. The Kier molecular flexibility index (Phi) is 4.68. The Morgan fingerprint density at radius 3 is 2.75 bits per heavy atom. The SMILES string of the molecule is CCCc1nnsc1C(NN)c1cnc(C(F)(F)F)s1. The van der Waals surface area contributed by atoms with E-state index >= 15 is 0 Å². The summed E-state index contributed by atoms with van der Waals surface area (Å²) in [4.78, 5) is 4.52. The maximum absolute atomic E-state index is 12.6. The highest BCUT2D eigenvalue weighted by Crippen LogP contribution is 2.37. The van der Waals surface area contributed by atoms with Crippen molar-refractivity contribution in [2.24, 2.45) is 5.84 Å². The fourth-order valence-corrected chi connectivity index (χ4v) is 3.39. The number of nitrogens with two attached hydrogens (primary N) is 1. The van der Waals surface area contributed by atoms with Gasteiger partial charge in [-0.15, -0.1) is 16.4 Å². The van der Waals surface area contributed by atoms with Crippen LogP contribution in [0.25, 0.3) is 0 Å². The second-order valence-electron chi connectivity index (χ2n) is 4.00. The Morgan fingerprint density at radius 2 is 2.20 bits per heavy atom. The standard InChI is InChI=1S/C10H12F3N5S2/c1-2-3-5-8(20-18-17-5)7(16-14)6-4-15-9(19-6)10(11,12)13/h4,7,16H,2-3,14H2,1H3. The van der Waals surface area contributed by atoms with Gasteiger partial charge in [0.15, 0.2) is 5.01 Å². The van der Waals surface area contributed by atoms with Crippen LogP contribution >= 0.6 is 22.9 Å². The van der Waals surface area contributed by atoms with E-state index in [-0.39, 0.29) is 0 Å². The zero-order valence-electron chi connectivity index (χ0n) is 10.4. The molecule has 0 radical (unpaired) electrons. The number of hydrogen-bond donors (Lipinski definition) is 2. The average Bonchev–Trinajstić information content (AvgIpc) is 3.00. The largest absolute Gasteiger partial charge is 0.443 e. The Labute approximate surface area is 121 Å². The number of aryl methyl sites for hydroxylation is 1. The van der Waals surface area contributed by atoms with Gasteiger partial charge in [-0.2, -0.15) is 13.2 Å². The number of rotatable bonds is 5. The summed E-state index contributed by atoms with van der Waals surface area (Å²) < 4.78 is 41.6. The average molecular weight is 323 g/mol. The lowest BCUT2D eigenvalue weighted by molar-refractivity contribution is -0.137. The number of halogens is 3. The van der Waals surface area contributed by atoms with Crippen molar-refractivity contribution < 1.29 is 13.2 Å². The van der Waals surface area contributed by atoms with Gasteiger partial charge in [0.2, 0.25) is 0 Å². The van der Waals surface area contributed by atoms with Gasteiger partial charge < -0.3 is 0 Å². The van der Waals surface area contributed by atoms with Crippen LogP contribution in [0.5, 0.6) is 0 Å². The Morgan fingerprint density at radius 1 is 1.45 bits per heavy atom. The summed E-state index contributed by atoms with van der Waals surface area (Å²) >= 11 is 1.70. The molecule has 5 nitrogen and oxygen atoms in total. The van der Waals surface area contributed by atoms with E-state index in [1.165, 1.54) is 6.20 Å². The highest BCUT2D eigenvalue weighted by atomic mass is 32.1. The number of nitrogens with zero attached hydrogens (tertiary/aromatic N) is 3.